The summed E-state index contributed by atoms with van der Waals surface area (Å²) in [4.78, 5) is 12.4. The molecule has 2 heterocycles. The summed E-state index contributed by atoms with van der Waals surface area (Å²) in [6.07, 6.45) is 4.71. The van der Waals surface area contributed by atoms with E-state index in [1.165, 1.54) is 25.0 Å². The third-order valence-corrected chi connectivity index (χ3v) is 4.60. The molecular weight excluding hydrogens is 241 g/mol. The molecular formula is C16H20FNO. The van der Waals surface area contributed by atoms with E-state index in [1.54, 1.807) is 6.07 Å². The summed E-state index contributed by atoms with van der Waals surface area (Å²) < 4.78 is 13.3. The van der Waals surface area contributed by atoms with Crippen molar-refractivity contribution < 1.29 is 9.18 Å². The molecule has 2 fully saturated rings. The Bertz CT molecular complexity index is 488. The Morgan fingerprint density at radius 2 is 2.00 bits per heavy atom. The smallest absolute Gasteiger partial charge is 0.140 e. The maximum absolute atomic E-state index is 13.3. The zero-order valence-corrected chi connectivity index (χ0v) is 11.3. The second-order valence-electron chi connectivity index (χ2n) is 6.02. The molecule has 0 saturated carbocycles. The van der Waals surface area contributed by atoms with E-state index in [1.807, 2.05) is 6.92 Å². The summed E-state index contributed by atoms with van der Waals surface area (Å²) in [5.41, 5.74) is 1.85. The molecule has 1 N–H and O–H groups in total. The first-order chi connectivity index (χ1) is 9.11. The summed E-state index contributed by atoms with van der Waals surface area (Å²) in [7, 11) is 0. The fraction of sp³-hybridized carbons (Fsp3) is 0.562. The van der Waals surface area contributed by atoms with Gasteiger partial charge in [0.05, 0.1) is 0 Å². The number of carbonyl (C=O) groups excluding carboxylic acids is 1. The van der Waals surface area contributed by atoms with Crippen LogP contribution < -0.4 is 5.32 Å². The number of aryl methyl sites for hydroxylation is 1. The number of nitrogens with one attached hydrogen (secondary N) is 1. The van der Waals surface area contributed by atoms with Crippen molar-refractivity contribution in [3.8, 4) is 0 Å². The molecule has 0 radical (unpaired) electrons. The maximum Gasteiger partial charge on any atom is 0.140 e. The Kier molecular flexibility index (Phi) is 3.40. The van der Waals surface area contributed by atoms with E-state index in [0.717, 1.165) is 24.0 Å². The topological polar surface area (TPSA) is 29.1 Å². The van der Waals surface area contributed by atoms with Crippen LogP contribution in [0, 0.1) is 18.7 Å². The van der Waals surface area contributed by atoms with Crippen molar-refractivity contribution >= 4 is 5.78 Å². The Balaban J connectivity index is 1.69. The number of hydrogen-bond acceptors (Lipinski definition) is 2. The van der Waals surface area contributed by atoms with Crippen molar-refractivity contribution in [3.63, 3.8) is 0 Å². The first-order valence-electron chi connectivity index (χ1n) is 7.15. The summed E-state index contributed by atoms with van der Waals surface area (Å²) in [5, 5.41) is 3.55. The lowest BCUT2D eigenvalue weighted by Crippen LogP contribution is -2.40. The van der Waals surface area contributed by atoms with Crippen LogP contribution in [0.5, 0.6) is 0 Å². The molecule has 3 rings (SSSR count). The largest absolute Gasteiger partial charge is 0.311 e. The Hall–Kier alpha value is -1.22. The second-order valence-corrected chi connectivity index (χ2v) is 6.02. The molecule has 2 aliphatic heterocycles. The van der Waals surface area contributed by atoms with Crippen LogP contribution in [0.1, 0.15) is 36.8 Å². The normalized spacial score (nSPS) is 29.5. The Morgan fingerprint density at radius 1 is 1.32 bits per heavy atom. The van der Waals surface area contributed by atoms with Crippen LogP contribution in [0.25, 0.3) is 0 Å². The van der Waals surface area contributed by atoms with E-state index >= 15 is 0 Å². The average Bonchev–Trinajstić information content (AvgIpc) is 2.72. The molecule has 2 atom stereocenters. The van der Waals surface area contributed by atoms with Gasteiger partial charge in [0.15, 0.2) is 0 Å². The van der Waals surface area contributed by atoms with Gasteiger partial charge in [0.25, 0.3) is 0 Å². The van der Waals surface area contributed by atoms with E-state index < -0.39 is 0 Å². The van der Waals surface area contributed by atoms with Gasteiger partial charge in [0.1, 0.15) is 11.6 Å². The number of fused-ring (bicyclic) bond motifs is 2. The molecule has 2 saturated heterocycles. The highest BCUT2D eigenvalue weighted by atomic mass is 19.1. The lowest BCUT2D eigenvalue weighted by atomic mass is 9.86. The predicted octanol–water partition coefficient (Wildman–Crippen LogP) is 2.78. The van der Waals surface area contributed by atoms with E-state index in [0.29, 0.717) is 18.5 Å². The highest BCUT2D eigenvalue weighted by molar-refractivity contribution is 5.83. The number of Topliss-reactive ketones (excluding diaryl/α,β-unsaturated/α-hetero) is 1. The minimum Gasteiger partial charge on any atom is -0.311 e. The zero-order chi connectivity index (χ0) is 13.4. The van der Waals surface area contributed by atoms with Gasteiger partial charge in [-0.05, 0) is 55.9 Å². The van der Waals surface area contributed by atoms with Gasteiger partial charge in [-0.3, -0.25) is 4.79 Å². The SMILES string of the molecule is Cc1ccc(F)cc1CC(=O)C1CC2CCC(C1)N2. The van der Waals surface area contributed by atoms with Crippen LogP contribution in [-0.2, 0) is 11.2 Å². The highest BCUT2D eigenvalue weighted by Crippen LogP contribution is 2.32. The quantitative estimate of drug-likeness (QED) is 0.906. The third kappa shape index (κ3) is 2.71. The zero-order valence-electron chi connectivity index (χ0n) is 11.3. The number of ketones is 1. The number of piperidine rings is 1. The van der Waals surface area contributed by atoms with Crippen LogP contribution in [0.2, 0.25) is 0 Å². The standard InChI is InChI=1S/C16H20FNO/c1-10-2-3-13(17)6-11(10)9-16(19)12-7-14-4-5-15(8-12)18-14/h2-3,6,12,14-15,18H,4-5,7-9H2,1H3. The molecule has 0 aliphatic carbocycles. The minimum atomic E-state index is -0.251. The molecule has 2 unspecified atom stereocenters. The second kappa shape index (κ2) is 5.04. The number of halogens is 1. The van der Waals surface area contributed by atoms with E-state index in [2.05, 4.69) is 5.32 Å². The first-order valence-corrected chi connectivity index (χ1v) is 7.15. The molecule has 3 heteroatoms. The van der Waals surface area contributed by atoms with Crippen molar-refractivity contribution in [2.24, 2.45) is 5.92 Å². The fourth-order valence-corrected chi connectivity index (χ4v) is 3.48. The van der Waals surface area contributed by atoms with Gasteiger partial charge in [-0.2, -0.15) is 0 Å². The van der Waals surface area contributed by atoms with Gasteiger partial charge in [0.2, 0.25) is 0 Å². The van der Waals surface area contributed by atoms with E-state index in [9.17, 15) is 9.18 Å². The monoisotopic (exact) mass is 261 g/mol. The fourth-order valence-electron chi connectivity index (χ4n) is 3.48. The van der Waals surface area contributed by atoms with Gasteiger partial charge >= 0.3 is 0 Å². The summed E-state index contributed by atoms with van der Waals surface area (Å²) in [6.45, 7) is 1.94. The van der Waals surface area contributed by atoms with Crippen LogP contribution in [0.3, 0.4) is 0 Å². The number of rotatable bonds is 3. The van der Waals surface area contributed by atoms with Gasteiger partial charge in [0, 0.05) is 24.4 Å². The summed E-state index contributed by atoms with van der Waals surface area (Å²) in [5.74, 6) is 0.201. The highest BCUT2D eigenvalue weighted by Gasteiger charge is 2.36. The van der Waals surface area contributed by atoms with Crippen molar-refractivity contribution in [1.82, 2.24) is 5.32 Å². The lowest BCUT2D eigenvalue weighted by molar-refractivity contribution is -0.123. The lowest BCUT2D eigenvalue weighted by Gasteiger charge is -2.28. The van der Waals surface area contributed by atoms with Crippen LogP contribution in [0.15, 0.2) is 18.2 Å². The molecule has 0 aromatic heterocycles. The summed E-state index contributed by atoms with van der Waals surface area (Å²) >= 11 is 0. The van der Waals surface area contributed by atoms with Crippen molar-refractivity contribution in [1.29, 1.82) is 0 Å². The molecule has 1 aromatic rings. The molecule has 0 amide bonds. The molecule has 2 bridgehead atoms. The van der Waals surface area contributed by atoms with Gasteiger partial charge in [-0.1, -0.05) is 6.07 Å². The van der Waals surface area contributed by atoms with Gasteiger partial charge in [-0.15, -0.1) is 0 Å². The van der Waals surface area contributed by atoms with Crippen molar-refractivity contribution in [2.45, 2.75) is 51.1 Å². The molecule has 19 heavy (non-hydrogen) atoms. The third-order valence-electron chi connectivity index (χ3n) is 4.60. The Morgan fingerprint density at radius 3 is 2.68 bits per heavy atom. The molecule has 0 spiro atoms. The molecule has 102 valence electrons. The van der Waals surface area contributed by atoms with E-state index in [4.69, 9.17) is 0 Å². The minimum absolute atomic E-state index is 0.168. The van der Waals surface area contributed by atoms with Gasteiger partial charge < -0.3 is 5.32 Å². The van der Waals surface area contributed by atoms with Gasteiger partial charge in [-0.25, -0.2) is 4.39 Å². The number of hydrogen-bond donors (Lipinski definition) is 1. The number of benzene rings is 1. The Labute approximate surface area is 113 Å². The average molecular weight is 261 g/mol. The predicted molar refractivity (Wildman–Crippen MR) is 72.5 cm³/mol. The molecule has 2 nitrogen and oxygen atoms in total. The van der Waals surface area contributed by atoms with E-state index in [-0.39, 0.29) is 17.5 Å². The maximum atomic E-state index is 13.3. The van der Waals surface area contributed by atoms with Crippen LogP contribution >= 0.6 is 0 Å². The van der Waals surface area contributed by atoms with Crippen molar-refractivity contribution in [3.05, 3.63) is 35.1 Å². The summed E-state index contributed by atoms with van der Waals surface area (Å²) in [6, 6.07) is 5.77. The molecule has 2 aliphatic rings. The van der Waals surface area contributed by atoms with Crippen molar-refractivity contribution in [2.75, 3.05) is 0 Å². The van der Waals surface area contributed by atoms with Crippen LogP contribution in [0.4, 0.5) is 4.39 Å². The first kappa shape index (κ1) is 12.8. The molecule has 1 aromatic carbocycles. The van der Waals surface area contributed by atoms with Crippen LogP contribution in [-0.4, -0.2) is 17.9 Å². The number of carbonyl (C=O) groups is 1.